The molecule has 1 amide bonds. The summed E-state index contributed by atoms with van der Waals surface area (Å²) in [4.78, 5) is 12.4. The Morgan fingerprint density at radius 1 is 1.00 bits per heavy atom. The highest BCUT2D eigenvalue weighted by Crippen LogP contribution is 2.22. The van der Waals surface area contributed by atoms with Gasteiger partial charge in [-0.3, -0.25) is 9.52 Å². The zero-order valence-corrected chi connectivity index (χ0v) is 18.2. The Labute approximate surface area is 181 Å². The van der Waals surface area contributed by atoms with Crippen molar-refractivity contribution in [2.45, 2.75) is 31.8 Å². The van der Waals surface area contributed by atoms with Gasteiger partial charge in [-0.25, -0.2) is 12.8 Å². The lowest BCUT2D eigenvalue weighted by atomic mass is 10.1. The maximum Gasteiger partial charge on any atom is 0.265 e. The topological polar surface area (TPSA) is 84.5 Å². The maximum atomic E-state index is 13.7. The maximum absolute atomic E-state index is 13.7. The summed E-state index contributed by atoms with van der Waals surface area (Å²) >= 11 is 0. The van der Waals surface area contributed by atoms with Crippen LogP contribution in [0.5, 0.6) is 5.75 Å². The van der Waals surface area contributed by atoms with Gasteiger partial charge in [0.1, 0.15) is 11.6 Å². The fourth-order valence-corrected chi connectivity index (χ4v) is 3.95. The number of carbonyl (C=O) groups excluding carboxylic acids is 1. The number of benzene rings is 3. The zero-order chi connectivity index (χ0) is 22.6. The summed E-state index contributed by atoms with van der Waals surface area (Å²) in [6, 6.07) is 16.7. The minimum atomic E-state index is -3.97. The van der Waals surface area contributed by atoms with Crippen molar-refractivity contribution in [3.8, 4) is 5.75 Å². The normalized spacial score (nSPS) is 12.1. The van der Waals surface area contributed by atoms with Crippen LogP contribution in [-0.4, -0.2) is 20.4 Å². The summed E-state index contributed by atoms with van der Waals surface area (Å²) in [6.07, 6.45) is -0.757. The van der Waals surface area contributed by atoms with E-state index >= 15 is 0 Å². The third-order valence-electron chi connectivity index (χ3n) is 4.55. The van der Waals surface area contributed by atoms with Gasteiger partial charge in [-0.05, 0) is 68.8 Å². The SMILES string of the molecule is Cc1ccc(O[C@@H](C)C(=O)Nc2ccc(S(=O)(=O)Nc3ccccc3F)cc2)c(C)c1. The predicted molar refractivity (Wildman–Crippen MR) is 118 cm³/mol. The molecule has 2 N–H and O–H groups in total. The number of aryl methyl sites for hydroxylation is 2. The first kappa shape index (κ1) is 22.3. The van der Waals surface area contributed by atoms with Crippen molar-refractivity contribution in [2.24, 2.45) is 0 Å². The van der Waals surface area contributed by atoms with Gasteiger partial charge in [0.25, 0.3) is 15.9 Å². The Morgan fingerprint density at radius 3 is 2.32 bits per heavy atom. The highest BCUT2D eigenvalue weighted by molar-refractivity contribution is 7.92. The second-order valence-corrected chi connectivity index (χ2v) is 8.81. The average Bonchev–Trinajstić information content (AvgIpc) is 2.72. The van der Waals surface area contributed by atoms with Crippen molar-refractivity contribution in [1.29, 1.82) is 0 Å². The summed E-state index contributed by atoms with van der Waals surface area (Å²) in [7, 11) is -3.97. The molecule has 0 saturated heterocycles. The molecule has 3 aromatic carbocycles. The molecule has 0 bridgehead atoms. The summed E-state index contributed by atoms with van der Waals surface area (Å²) in [5.41, 5.74) is 2.29. The number of rotatable bonds is 7. The van der Waals surface area contributed by atoms with E-state index in [0.29, 0.717) is 11.4 Å². The van der Waals surface area contributed by atoms with E-state index in [1.807, 2.05) is 32.0 Å². The van der Waals surface area contributed by atoms with E-state index in [9.17, 15) is 17.6 Å². The van der Waals surface area contributed by atoms with E-state index in [1.165, 1.54) is 42.5 Å². The van der Waals surface area contributed by atoms with Crippen LogP contribution in [0.1, 0.15) is 18.1 Å². The summed E-state index contributed by atoms with van der Waals surface area (Å²) in [6.45, 7) is 5.51. The molecule has 0 fully saturated rings. The molecule has 0 aromatic heterocycles. The molecule has 6 nitrogen and oxygen atoms in total. The number of para-hydroxylation sites is 1. The average molecular weight is 443 g/mol. The van der Waals surface area contributed by atoms with Crippen LogP contribution in [0, 0.1) is 19.7 Å². The predicted octanol–water partition coefficient (Wildman–Crippen LogP) is 4.65. The Kier molecular flexibility index (Phi) is 6.60. The van der Waals surface area contributed by atoms with Crippen molar-refractivity contribution in [3.05, 3.63) is 83.7 Å². The van der Waals surface area contributed by atoms with E-state index < -0.39 is 21.9 Å². The van der Waals surface area contributed by atoms with Gasteiger partial charge >= 0.3 is 0 Å². The van der Waals surface area contributed by atoms with Crippen molar-refractivity contribution in [1.82, 2.24) is 0 Å². The fourth-order valence-electron chi connectivity index (χ4n) is 2.88. The molecule has 0 heterocycles. The largest absolute Gasteiger partial charge is 0.481 e. The first-order valence-electron chi connectivity index (χ1n) is 9.58. The summed E-state index contributed by atoms with van der Waals surface area (Å²) in [5, 5.41) is 2.69. The summed E-state index contributed by atoms with van der Waals surface area (Å²) in [5.74, 6) is -0.429. The first-order chi connectivity index (χ1) is 14.7. The molecule has 0 unspecified atom stereocenters. The summed E-state index contributed by atoms with van der Waals surface area (Å²) < 4.78 is 46.6. The number of hydrogen-bond donors (Lipinski definition) is 2. The van der Waals surface area contributed by atoms with E-state index in [4.69, 9.17) is 4.74 Å². The number of nitrogens with one attached hydrogen (secondary N) is 2. The van der Waals surface area contributed by atoms with Crippen LogP contribution in [0.25, 0.3) is 0 Å². The Bertz CT molecular complexity index is 1190. The molecule has 0 radical (unpaired) electrons. The molecule has 3 rings (SSSR count). The molecular formula is C23H23FN2O4S. The van der Waals surface area contributed by atoms with Gasteiger partial charge in [-0.1, -0.05) is 29.8 Å². The van der Waals surface area contributed by atoms with Crippen LogP contribution in [-0.2, 0) is 14.8 Å². The number of ether oxygens (including phenoxy) is 1. The molecule has 0 aliphatic rings. The lowest BCUT2D eigenvalue weighted by Crippen LogP contribution is -2.30. The van der Waals surface area contributed by atoms with Gasteiger partial charge in [-0.15, -0.1) is 0 Å². The Morgan fingerprint density at radius 2 is 1.68 bits per heavy atom. The van der Waals surface area contributed by atoms with E-state index in [2.05, 4.69) is 10.0 Å². The smallest absolute Gasteiger partial charge is 0.265 e. The van der Waals surface area contributed by atoms with Crippen molar-refractivity contribution in [3.63, 3.8) is 0 Å². The van der Waals surface area contributed by atoms with E-state index in [1.54, 1.807) is 6.92 Å². The fraction of sp³-hybridized carbons (Fsp3) is 0.174. The lowest BCUT2D eigenvalue weighted by molar-refractivity contribution is -0.122. The number of amides is 1. The highest BCUT2D eigenvalue weighted by Gasteiger charge is 2.18. The number of halogens is 1. The van der Waals surface area contributed by atoms with Gasteiger partial charge in [0.2, 0.25) is 0 Å². The molecule has 0 spiro atoms. The van der Waals surface area contributed by atoms with Crippen LogP contribution in [0.15, 0.2) is 71.6 Å². The number of anilines is 2. The minimum Gasteiger partial charge on any atom is -0.481 e. The molecule has 162 valence electrons. The van der Waals surface area contributed by atoms with Gasteiger partial charge in [-0.2, -0.15) is 0 Å². The molecule has 0 aliphatic heterocycles. The van der Waals surface area contributed by atoms with Gasteiger partial charge in [0, 0.05) is 5.69 Å². The Balaban J connectivity index is 1.65. The molecular weight excluding hydrogens is 419 g/mol. The van der Waals surface area contributed by atoms with Crippen LogP contribution in [0.2, 0.25) is 0 Å². The van der Waals surface area contributed by atoms with Gasteiger partial charge < -0.3 is 10.1 Å². The van der Waals surface area contributed by atoms with Crippen molar-refractivity contribution >= 4 is 27.3 Å². The number of hydrogen-bond acceptors (Lipinski definition) is 4. The molecule has 0 aliphatic carbocycles. The number of carbonyl (C=O) groups is 1. The van der Waals surface area contributed by atoms with Crippen LogP contribution in [0.3, 0.4) is 0 Å². The molecule has 8 heteroatoms. The third-order valence-corrected chi connectivity index (χ3v) is 5.94. The first-order valence-corrected chi connectivity index (χ1v) is 11.1. The van der Waals surface area contributed by atoms with Crippen LogP contribution in [0.4, 0.5) is 15.8 Å². The molecule has 1 atom stereocenters. The third kappa shape index (κ3) is 5.61. The lowest BCUT2D eigenvalue weighted by Gasteiger charge is -2.17. The Hall–Kier alpha value is -3.39. The van der Waals surface area contributed by atoms with Gasteiger partial charge in [0.15, 0.2) is 6.10 Å². The van der Waals surface area contributed by atoms with E-state index in [-0.39, 0.29) is 16.5 Å². The highest BCUT2D eigenvalue weighted by atomic mass is 32.2. The molecule has 0 saturated carbocycles. The van der Waals surface area contributed by atoms with E-state index in [0.717, 1.165) is 17.2 Å². The molecule has 3 aromatic rings. The quantitative estimate of drug-likeness (QED) is 0.558. The minimum absolute atomic E-state index is 0.0617. The van der Waals surface area contributed by atoms with Crippen LogP contribution >= 0.6 is 0 Å². The zero-order valence-electron chi connectivity index (χ0n) is 17.3. The number of sulfonamides is 1. The van der Waals surface area contributed by atoms with Gasteiger partial charge in [0.05, 0.1) is 10.6 Å². The second-order valence-electron chi connectivity index (χ2n) is 7.13. The van der Waals surface area contributed by atoms with Crippen molar-refractivity contribution < 1.29 is 22.3 Å². The van der Waals surface area contributed by atoms with Crippen LogP contribution < -0.4 is 14.8 Å². The molecule has 31 heavy (non-hydrogen) atoms. The van der Waals surface area contributed by atoms with Crippen molar-refractivity contribution in [2.75, 3.05) is 10.0 Å². The monoisotopic (exact) mass is 442 g/mol. The second kappa shape index (κ2) is 9.18. The standard InChI is InChI=1S/C23H23FN2O4S/c1-15-8-13-22(16(2)14-15)30-17(3)23(27)25-18-9-11-19(12-10-18)31(28,29)26-21-7-5-4-6-20(21)24/h4-14,17,26H,1-3H3,(H,25,27)/t17-/m0/s1.